The number of esters is 1. The first-order valence-corrected chi connectivity index (χ1v) is 8.64. The highest BCUT2D eigenvalue weighted by molar-refractivity contribution is 7.89. The molecule has 1 N–H and O–H groups in total. The molecule has 0 radical (unpaired) electrons. The molecule has 0 saturated heterocycles. The number of nitrogens with zero attached hydrogens (tertiary/aromatic N) is 2. The summed E-state index contributed by atoms with van der Waals surface area (Å²) in [6.45, 7) is 2.25. The zero-order valence-electron chi connectivity index (χ0n) is 14.4. The molecule has 0 bridgehead atoms. The van der Waals surface area contributed by atoms with Crippen LogP contribution in [0, 0.1) is 29.6 Å². The van der Waals surface area contributed by atoms with Crippen LogP contribution in [0.2, 0.25) is 0 Å². The van der Waals surface area contributed by atoms with E-state index >= 15 is 0 Å². The first-order chi connectivity index (χ1) is 11.5. The normalized spacial score (nSPS) is 12.3. The van der Waals surface area contributed by atoms with E-state index in [0.29, 0.717) is 5.56 Å². The van der Waals surface area contributed by atoms with Crippen LogP contribution in [0.1, 0.15) is 22.8 Å². The Bertz CT molecular complexity index is 853. The summed E-state index contributed by atoms with van der Waals surface area (Å²) < 4.78 is 30.2. The molecular weight excluding hydrogens is 346 g/mol. The van der Waals surface area contributed by atoms with Gasteiger partial charge in [-0.2, -0.15) is 5.26 Å². The molecule has 0 heterocycles. The lowest BCUT2D eigenvalue weighted by molar-refractivity contribution is -0.122. The quantitative estimate of drug-likeness (QED) is 0.570. The van der Waals surface area contributed by atoms with Gasteiger partial charge in [0.2, 0.25) is 10.0 Å². The molecule has 8 nitrogen and oxygen atoms in total. The Morgan fingerprint density at radius 1 is 1.36 bits per heavy atom. The summed E-state index contributed by atoms with van der Waals surface area (Å²) in [6.07, 6.45) is 0. The van der Waals surface area contributed by atoms with Gasteiger partial charge in [0.25, 0.3) is 0 Å². The van der Waals surface area contributed by atoms with Gasteiger partial charge in [-0.15, -0.1) is 0 Å². The van der Waals surface area contributed by atoms with Gasteiger partial charge in [0, 0.05) is 19.8 Å². The Morgan fingerprint density at radius 2 is 1.96 bits per heavy atom. The van der Waals surface area contributed by atoms with E-state index in [-0.39, 0.29) is 16.2 Å². The Labute approximate surface area is 146 Å². The topological polar surface area (TPSA) is 128 Å². The number of Topliss-reactive ketones (excluding diaryl/α,β-unsaturated/α-hetero) is 1. The van der Waals surface area contributed by atoms with E-state index in [9.17, 15) is 18.0 Å². The van der Waals surface area contributed by atoms with Crippen molar-refractivity contribution in [2.45, 2.75) is 18.7 Å². The molecular formula is C16H19N3O5S. The zero-order valence-corrected chi connectivity index (χ0v) is 15.2. The van der Waals surface area contributed by atoms with Gasteiger partial charge in [-0.05, 0) is 31.5 Å². The van der Waals surface area contributed by atoms with E-state index in [1.807, 2.05) is 0 Å². The van der Waals surface area contributed by atoms with Crippen molar-refractivity contribution < 1.29 is 22.7 Å². The Balaban J connectivity index is 3.02. The predicted octanol–water partition coefficient (Wildman–Crippen LogP) is 1.15. The van der Waals surface area contributed by atoms with Gasteiger partial charge in [0.15, 0.2) is 12.4 Å². The third kappa shape index (κ3) is 4.71. The number of nitrogens with one attached hydrogen (secondary N) is 1. The second kappa shape index (κ2) is 8.00. The van der Waals surface area contributed by atoms with Crippen molar-refractivity contribution in [1.29, 1.82) is 10.7 Å². The number of sulfonamides is 1. The Morgan fingerprint density at radius 3 is 2.44 bits per heavy atom. The molecule has 0 aliphatic heterocycles. The Kier molecular flexibility index (Phi) is 6.55. The number of carbonyl (C=O) groups excluding carboxylic acids is 2. The zero-order chi connectivity index (χ0) is 19.4. The van der Waals surface area contributed by atoms with Gasteiger partial charge in [-0.3, -0.25) is 4.79 Å². The van der Waals surface area contributed by atoms with Crippen LogP contribution in [0.15, 0.2) is 23.1 Å². The summed E-state index contributed by atoms with van der Waals surface area (Å²) in [5.74, 6) is -2.85. The number of rotatable bonds is 7. The summed E-state index contributed by atoms with van der Waals surface area (Å²) in [7, 11) is -0.985. The van der Waals surface area contributed by atoms with Crippen LogP contribution in [0.3, 0.4) is 0 Å². The molecule has 25 heavy (non-hydrogen) atoms. The van der Waals surface area contributed by atoms with Crippen molar-refractivity contribution in [3.8, 4) is 6.07 Å². The molecule has 0 aliphatic rings. The van der Waals surface area contributed by atoms with Crippen molar-refractivity contribution in [1.82, 2.24) is 4.31 Å². The maximum atomic E-state index is 12.2. The molecule has 9 heteroatoms. The minimum atomic E-state index is -3.72. The maximum Gasteiger partial charge on any atom is 0.338 e. The minimum Gasteiger partial charge on any atom is -0.454 e. The van der Waals surface area contributed by atoms with Gasteiger partial charge >= 0.3 is 5.97 Å². The molecule has 1 aromatic carbocycles. The number of hydrogen-bond acceptors (Lipinski definition) is 7. The smallest absolute Gasteiger partial charge is 0.338 e. The summed E-state index contributed by atoms with van der Waals surface area (Å²) in [5.41, 5.74) is 0.352. The Hall–Kier alpha value is -2.57. The summed E-state index contributed by atoms with van der Waals surface area (Å²) in [6, 6.07) is 5.69. The van der Waals surface area contributed by atoms with E-state index < -0.39 is 34.3 Å². The second-order valence-electron chi connectivity index (χ2n) is 5.55. The number of aryl methyl sites for hydroxylation is 1. The number of carbonyl (C=O) groups is 2. The van der Waals surface area contributed by atoms with Crippen LogP contribution in [-0.2, 0) is 19.6 Å². The lowest BCUT2D eigenvalue weighted by Gasteiger charge is -2.13. The lowest BCUT2D eigenvalue weighted by atomic mass is 10.0. The standard InChI is InChI=1S/C16H19N3O5S/c1-10-5-6-12(25(22,23)19(3)4)7-13(10)16(21)24-9-15(20)14(8-17)11(2)18/h5-7,14,18H,9H2,1-4H3/t14-/m1/s1. The SMILES string of the molecule is CC(=N)[C@@H](C#N)C(=O)COC(=O)c1cc(S(=O)(=O)N(C)C)ccc1C. The molecule has 0 fully saturated rings. The number of ether oxygens (including phenoxy) is 1. The van der Waals surface area contributed by atoms with E-state index in [2.05, 4.69) is 0 Å². The van der Waals surface area contributed by atoms with E-state index in [1.165, 1.54) is 39.2 Å². The fraction of sp³-hybridized carbons (Fsp3) is 0.375. The van der Waals surface area contributed by atoms with Crippen LogP contribution >= 0.6 is 0 Å². The van der Waals surface area contributed by atoms with Crippen molar-refractivity contribution in [2.24, 2.45) is 5.92 Å². The second-order valence-corrected chi connectivity index (χ2v) is 7.70. The third-order valence-corrected chi connectivity index (χ3v) is 5.25. The largest absolute Gasteiger partial charge is 0.454 e. The van der Waals surface area contributed by atoms with Gasteiger partial charge < -0.3 is 10.1 Å². The molecule has 0 unspecified atom stereocenters. The first kappa shape index (κ1) is 20.5. The predicted molar refractivity (Wildman–Crippen MR) is 89.8 cm³/mol. The fourth-order valence-corrected chi connectivity index (χ4v) is 2.83. The van der Waals surface area contributed by atoms with Gasteiger partial charge in [0.05, 0.1) is 16.5 Å². The first-order valence-electron chi connectivity index (χ1n) is 7.20. The average molecular weight is 365 g/mol. The molecule has 1 atom stereocenters. The number of nitriles is 1. The minimum absolute atomic E-state index is 0.0100. The highest BCUT2D eigenvalue weighted by Gasteiger charge is 2.24. The summed E-state index contributed by atoms with van der Waals surface area (Å²) in [4.78, 5) is 23.9. The third-order valence-electron chi connectivity index (χ3n) is 3.44. The molecule has 0 aliphatic carbocycles. The highest BCUT2D eigenvalue weighted by Crippen LogP contribution is 2.19. The number of benzene rings is 1. The summed E-state index contributed by atoms with van der Waals surface area (Å²) >= 11 is 0. The fourth-order valence-electron chi connectivity index (χ4n) is 1.90. The molecule has 1 rings (SSSR count). The number of ketones is 1. The molecule has 0 amide bonds. The highest BCUT2D eigenvalue weighted by atomic mass is 32.2. The van der Waals surface area contributed by atoms with Crippen LogP contribution < -0.4 is 0 Å². The molecule has 0 spiro atoms. The summed E-state index contributed by atoms with van der Waals surface area (Å²) in [5, 5.41) is 16.2. The van der Waals surface area contributed by atoms with Crippen molar-refractivity contribution in [3.63, 3.8) is 0 Å². The van der Waals surface area contributed by atoms with Crippen molar-refractivity contribution >= 4 is 27.5 Å². The van der Waals surface area contributed by atoms with Crippen molar-refractivity contribution in [3.05, 3.63) is 29.3 Å². The van der Waals surface area contributed by atoms with Crippen LogP contribution in [-0.4, -0.2) is 50.9 Å². The van der Waals surface area contributed by atoms with E-state index in [0.717, 1.165) is 4.31 Å². The molecule has 0 saturated carbocycles. The molecule has 134 valence electrons. The molecule has 0 aromatic heterocycles. The maximum absolute atomic E-state index is 12.2. The lowest BCUT2D eigenvalue weighted by Crippen LogP contribution is -2.26. The van der Waals surface area contributed by atoms with Crippen LogP contribution in [0.5, 0.6) is 0 Å². The van der Waals surface area contributed by atoms with Crippen LogP contribution in [0.4, 0.5) is 0 Å². The van der Waals surface area contributed by atoms with Gasteiger partial charge in [-0.25, -0.2) is 17.5 Å². The van der Waals surface area contributed by atoms with Gasteiger partial charge in [0.1, 0.15) is 5.92 Å². The van der Waals surface area contributed by atoms with Gasteiger partial charge in [-0.1, -0.05) is 6.07 Å². The van der Waals surface area contributed by atoms with Crippen LogP contribution in [0.25, 0.3) is 0 Å². The number of hydrogen-bond donors (Lipinski definition) is 1. The monoisotopic (exact) mass is 365 g/mol. The average Bonchev–Trinajstić information content (AvgIpc) is 2.52. The molecule has 1 aromatic rings. The van der Waals surface area contributed by atoms with E-state index in [4.69, 9.17) is 15.4 Å². The van der Waals surface area contributed by atoms with Crippen molar-refractivity contribution in [2.75, 3.05) is 20.7 Å². The van der Waals surface area contributed by atoms with E-state index in [1.54, 1.807) is 13.0 Å².